The molecule has 29 heavy (non-hydrogen) atoms. The van der Waals surface area contributed by atoms with Gasteiger partial charge in [-0.25, -0.2) is 4.98 Å². The average molecular weight is 391 g/mol. The van der Waals surface area contributed by atoms with Crippen LogP contribution >= 0.6 is 0 Å². The molecule has 0 spiro atoms. The number of hydrogen-bond acceptors (Lipinski definition) is 4. The number of nitrogens with zero attached hydrogens (tertiary/aromatic N) is 1. The fraction of sp³-hybridized carbons (Fsp3) is 0.304. The molecule has 1 amide bonds. The summed E-state index contributed by atoms with van der Waals surface area (Å²) in [5.74, 6) is -0.0531. The van der Waals surface area contributed by atoms with Crippen molar-refractivity contribution in [3.05, 3.63) is 90.0 Å². The molecule has 0 saturated carbocycles. The van der Waals surface area contributed by atoms with Gasteiger partial charge in [-0.1, -0.05) is 54.6 Å². The van der Waals surface area contributed by atoms with E-state index in [1.165, 1.54) is 5.56 Å². The second-order valence-electron chi connectivity index (χ2n) is 7.15. The van der Waals surface area contributed by atoms with Crippen LogP contribution < -0.4 is 16.4 Å². The third kappa shape index (κ3) is 7.18. The molecule has 2 atom stereocenters. The van der Waals surface area contributed by atoms with Crippen LogP contribution in [-0.4, -0.2) is 34.5 Å². The van der Waals surface area contributed by atoms with Gasteiger partial charge in [-0.05, 0) is 30.0 Å². The van der Waals surface area contributed by atoms with E-state index in [0.29, 0.717) is 19.5 Å². The van der Waals surface area contributed by atoms with Gasteiger partial charge in [-0.2, -0.15) is 0 Å². The highest BCUT2D eigenvalue weighted by Gasteiger charge is 2.20. The summed E-state index contributed by atoms with van der Waals surface area (Å²) in [5.41, 5.74) is 9.51. The lowest BCUT2D eigenvalue weighted by Crippen LogP contribution is -2.49. The van der Waals surface area contributed by atoms with Crippen molar-refractivity contribution in [1.29, 1.82) is 0 Å². The molecule has 0 aliphatic heterocycles. The smallest absolute Gasteiger partial charge is 0.237 e. The number of nitrogens with one attached hydrogen (secondary N) is 3. The molecule has 3 aromatic rings. The van der Waals surface area contributed by atoms with Gasteiger partial charge >= 0.3 is 0 Å². The molecule has 0 aliphatic carbocycles. The fourth-order valence-corrected chi connectivity index (χ4v) is 3.12. The SMILES string of the molecule is N[C@H](CCc1ccccc1)CN[C@@H](Cc1cnc[nH]1)C(=O)NCc1cc[c]cc1. The average Bonchev–Trinajstić information content (AvgIpc) is 3.28. The molecule has 0 fully saturated rings. The summed E-state index contributed by atoms with van der Waals surface area (Å²) in [6, 6.07) is 20.4. The Morgan fingerprint density at radius 3 is 2.66 bits per heavy atom. The molecule has 5 N–H and O–H groups in total. The molecule has 1 aromatic heterocycles. The number of carbonyl (C=O) groups is 1. The number of benzene rings is 2. The van der Waals surface area contributed by atoms with E-state index in [4.69, 9.17) is 5.73 Å². The Hall–Kier alpha value is -2.96. The number of hydrogen-bond donors (Lipinski definition) is 4. The highest BCUT2D eigenvalue weighted by atomic mass is 16.2. The second kappa shape index (κ2) is 11.1. The van der Waals surface area contributed by atoms with Crippen LogP contribution in [0, 0.1) is 6.07 Å². The number of aryl methyl sites for hydroxylation is 1. The number of imidazole rings is 1. The van der Waals surface area contributed by atoms with E-state index < -0.39 is 0 Å². The maximum Gasteiger partial charge on any atom is 0.237 e. The lowest BCUT2D eigenvalue weighted by molar-refractivity contribution is -0.123. The zero-order chi connectivity index (χ0) is 20.3. The summed E-state index contributed by atoms with van der Waals surface area (Å²) in [7, 11) is 0. The first-order valence-corrected chi connectivity index (χ1v) is 9.93. The lowest BCUT2D eigenvalue weighted by atomic mass is 10.0. The molecule has 151 valence electrons. The van der Waals surface area contributed by atoms with Gasteiger partial charge in [-0.15, -0.1) is 0 Å². The number of nitrogens with two attached hydrogens (primary N) is 1. The molecule has 6 nitrogen and oxygen atoms in total. The van der Waals surface area contributed by atoms with Crippen molar-refractivity contribution >= 4 is 5.91 Å². The molecule has 2 aromatic carbocycles. The number of aromatic nitrogens is 2. The van der Waals surface area contributed by atoms with E-state index in [2.05, 4.69) is 38.8 Å². The Morgan fingerprint density at radius 1 is 1.14 bits per heavy atom. The number of H-pyrrole nitrogens is 1. The molecule has 0 aliphatic rings. The van der Waals surface area contributed by atoms with Gasteiger partial charge in [0.1, 0.15) is 0 Å². The minimum atomic E-state index is -0.381. The van der Waals surface area contributed by atoms with Crippen LogP contribution in [-0.2, 0) is 24.2 Å². The van der Waals surface area contributed by atoms with Gasteiger partial charge in [0.05, 0.1) is 12.4 Å². The van der Waals surface area contributed by atoms with Crippen LogP contribution in [0.25, 0.3) is 0 Å². The molecule has 1 radical (unpaired) electrons. The monoisotopic (exact) mass is 390 g/mol. The summed E-state index contributed by atoms with van der Waals surface area (Å²) in [5, 5.41) is 6.34. The third-order valence-corrected chi connectivity index (χ3v) is 4.82. The van der Waals surface area contributed by atoms with Crippen LogP contribution in [0.3, 0.4) is 0 Å². The standard InChI is InChI=1S/C23H28N5O/c24-20(12-11-18-7-3-1-4-8-18)15-26-22(13-21-16-25-17-28-21)23(29)27-14-19-9-5-2-6-10-19/h1,3-10,16-17,20,22,26H,11-15,24H2,(H,25,28)(H,27,29)/t20-,22+/m1/s1. The first-order valence-electron chi connectivity index (χ1n) is 9.93. The summed E-state index contributed by atoms with van der Waals surface area (Å²) < 4.78 is 0. The van der Waals surface area contributed by atoms with Crippen LogP contribution in [0.5, 0.6) is 0 Å². The summed E-state index contributed by atoms with van der Waals surface area (Å²) in [4.78, 5) is 19.9. The van der Waals surface area contributed by atoms with Crippen LogP contribution in [0.15, 0.2) is 67.1 Å². The van der Waals surface area contributed by atoms with E-state index in [1.807, 2.05) is 42.5 Å². The third-order valence-electron chi connectivity index (χ3n) is 4.82. The highest BCUT2D eigenvalue weighted by molar-refractivity contribution is 5.82. The predicted molar refractivity (Wildman–Crippen MR) is 114 cm³/mol. The first kappa shape index (κ1) is 20.8. The zero-order valence-electron chi connectivity index (χ0n) is 16.5. The Morgan fingerprint density at radius 2 is 1.93 bits per heavy atom. The summed E-state index contributed by atoms with van der Waals surface area (Å²) in [6.45, 7) is 1.05. The summed E-state index contributed by atoms with van der Waals surface area (Å²) >= 11 is 0. The Labute approximate surface area is 171 Å². The van der Waals surface area contributed by atoms with Crippen molar-refractivity contribution in [2.75, 3.05) is 6.54 Å². The predicted octanol–water partition coefficient (Wildman–Crippen LogP) is 1.99. The van der Waals surface area contributed by atoms with Crippen molar-refractivity contribution in [3.8, 4) is 0 Å². The molecular weight excluding hydrogens is 362 g/mol. The van der Waals surface area contributed by atoms with E-state index in [0.717, 1.165) is 24.1 Å². The van der Waals surface area contributed by atoms with Crippen LogP contribution in [0.2, 0.25) is 0 Å². The van der Waals surface area contributed by atoms with Gasteiger partial charge < -0.3 is 21.4 Å². The van der Waals surface area contributed by atoms with E-state index in [1.54, 1.807) is 12.5 Å². The van der Waals surface area contributed by atoms with Crippen LogP contribution in [0.1, 0.15) is 23.2 Å². The maximum absolute atomic E-state index is 12.8. The topological polar surface area (TPSA) is 95.8 Å². The van der Waals surface area contributed by atoms with Gasteiger partial charge in [0.2, 0.25) is 5.91 Å². The van der Waals surface area contributed by atoms with E-state index >= 15 is 0 Å². The van der Waals surface area contributed by atoms with Crippen molar-refractivity contribution < 1.29 is 4.79 Å². The largest absolute Gasteiger partial charge is 0.351 e. The minimum absolute atomic E-state index is 0.0306. The molecule has 1 heterocycles. The van der Waals surface area contributed by atoms with Gasteiger partial charge in [0, 0.05) is 37.4 Å². The number of amides is 1. The molecule has 0 saturated heterocycles. The molecule has 0 unspecified atom stereocenters. The first-order chi connectivity index (χ1) is 14.2. The summed E-state index contributed by atoms with van der Waals surface area (Å²) in [6.07, 6.45) is 5.67. The quantitative estimate of drug-likeness (QED) is 0.403. The lowest BCUT2D eigenvalue weighted by Gasteiger charge is -2.20. The molecule has 3 rings (SSSR count). The zero-order valence-corrected chi connectivity index (χ0v) is 16.5. The van der Waals surface area contributed by atoms with Crippen molar-refractivity contribution in [2.24, 2.45) is 5.73 Å². The Kier molecular flexibility index (Phi) is 7.98. The van der Waals surface area contributed by atoms with Gasteiger partial charge in [0.25, 0.3) is 0 Å². The van der Waals surface area contributed by atoms with Crippen molar-refractivity contribution in [1.82, 2.24) is 20.6 Å². The molecule has 0 bridgehead atoms. The minimum Gasteiger partial charge on any atom is -0.351 e. The normalized spacial score (nSPS) is 13.0. The maximum atomic E-state index is 12.8. The fourth-order valence-electron chi connectivity index (χ4n) is 3.12. The van der Waals surface area contributed by atoms with E-state index in [9.17, 15) is 4.79 Å². The number of carbonyl (C=O) groups excluding carboxylic acids is 1. The Bertz CT molecular complexity index is 836. The number of aromatic amines is 1. The van der Waals surface area contributed by atoms with Gasteiger partial charge in [-0.3, -0.25) is 4.79 Å². The van der Waals surface area contributed by atoms with Crippen molar-refractivity contribution in [2.45, 2.75) is 37.9 Å². The molecular formula is C23H28N5O. The van der Waals surface area contributed by atoms with Crippen LogP contribution in [0.4, 0.5) is 0 Å². The van der Waals surface area contributed by atoms with Crippen molar-refractivity contribution in [3.63, 3.8) is 0 Å². The van der Waals surface area contributed by atoms with E-state index in [-0.39, 0.29) is 18.0 Å². The second-order valence-corrected chi connectivity index (χ2v) is 7.15. The number of rotatable bonds is 11. The highest BCUT2D eigenvalue weighted by Crippen LogP contribution is 2.05. The molecule has 6 heteroatoms. The van der Waals surface area contributed by atoms with Gasteiger partial charge in [0.15, 0.2) is 0 Å². The Balaban J connectivity index is 1.51.